The van der Waals surface area contributed by atoms with Crippen molar-refractivity contribution in [3.8, 4) is 5.69 Å². The number of benzene rings is 1. The molecule has 0 amide bonds. The van der Waals surface area contributed by atoms with E-state index in [1.807, 2.05) is 42.7 Å². The number of nitrogens with zero attached hydrogens (tertiary/aromatic N) is 5. The van der Waals surface area contributed by atoms with Crippen molar-refractivity contribution >= 4 is 0 Å². The molecule has 6 heteroatoms. The van der Waals surface area contributed by atoms with Crippen molar-refractivity contribution in [1.29, 1.82) is 0 Å². The highest BCUT2D eigenvalue weighted by molar-refractivity contribution is 5.32. The van der Waals surface area contributed by atoms with Crippen molar-refractivity contribution in [1.82, 2.24) is 24.2 Å². The van der Waals surface area contributed by atoms with Crippen LogP contribution in [-0.4, -0.2) is 37.3 Å². The fourth-order valence-electron chi connectivity index (χ4n) is 3.84. The van der Waals surface area contributed by atoms with Crippen molar-refractivity contribution in [2.24, 2.45) is 13.0 Å². The minimum Gasteiger partial charge on any atom is -0.299 e. The minimum absolute atomic E-state index is 0.0775. The molecule has 0 aliphatic carbocycles. The third-order valence-electron chi connectivity index (χ3n) is 5.34. The lowest BCUT2D eigenvalue weighted by Gasteiger charge is -2.31. The summed E-state index contributed by atoms with van der Waals surface area (Å²) >= 11 is 0. The van der Waals surface area contributed by atoms with Crippen molar-refractivity contribution in [3.05, 3.63) is 76.7 Å². The molecule has 0 N–H and O–H groups in total. The van der Waals surface area contributed by atoms with Gasteiger partial charge in [0.15, 0.2) is 0 Å². The summed E-state index contributed by atoms with van der Waals surface area (Å²) in [7, 11) is 1.72. The SMILES string of the molecule is Cn1nc(CC2CCN(Cc3ccncc3)CC2)n(-c2ccccc2)c1=O. The molecule has 0 spiro atoms. The molecule has 0 atom stereocenters. The van der Waals surface area contributed by atoms with Gasteiger partial charge in [0.1, 0.15) is 5.82 Å². The summed E-state index contributed by atoms with van der Waals surface area (Å²) in [5, 5.41) is 4.51. The average Bonchev–Trinajstić information content (AvgIpc) is 2.98. The van der Waals surface area contributed by atoms with Crippen LogP contribution in [-0.2, 0) is 20.0 Å². The number of aromatic nitrogens is 4. The molecule has 1 fully saturated rings. The Morgan fingerprint density at radius 1 is 1.04 bits per heavy atom. The second-order valence-electron chi connectivity index (χ2n) is 7.27. The fraction of sp³-hybridized carbons (Fsp3) is 0.381. The Kier molecular flexibility index (Phi) is 5.16. The first-order valence-corrected chi connectivity index (χ1v) is 9.52. The van der Waals surface area contributed by atoms with Crippen LogP contribution in [0.25, 0.3) is 5.69 Å². The largest absolute Gasteiger partial charge is 0.350 e. The number of piperidine rings is 1. The second kappa shape index (κ2) is 7.88. The number of aryl methyl sites for hydroxylation is 1. The van der Waals surface area contributed by atoms with Gasteiger partial charge in [0.25, 0.3) is 0 Å². The van der Waals surface area contributed by atoms with Crippen LogP contribution in [0.2, 0.25) is 0 Å². The zero-order valence-corrected chi connectivity index (χ0v) is 15.7. The maximum atomic E-state index is 12.5. The third-order valence-corrected chi connectivity index (χ3v) is 5.34. The van der Waals surface area contributed by atoms with Gasteiger partial charge in [0.2, 0.25) is 0 Å². The van der Waals surface area contributed by atoms with E-state index in [0.29, 0.717) is 5.92 Å². The molecule has 3 aromatic rings. The number of para-hydroxylation sites is 1. The van der Waals surface area contributed by atoms with Gasteiger partial charge in [0, 0.05) is 32.4 Å². The first-order chi connectivity index (χ1) is 13.2. The Morgan fingerprint density at radius 3 is 2.44 bits per heavy atom. The molecule has 140 valence electrons. The predicted molar refractivity (Wildman–Crippen MR) is 105 cm³/mol. The Labute approximate surface area is 159 Å². The highest BCUT2D eigenvalue weighted by atomic mass is 16.2. The van der Waals surface area contributed by atoms with E-state index >= 15 is 0 Å². The van der Waals surface area contributed by atoms with E-state index < -0.39 is 0 Å². The zero-order valence-electron chi connectivity index (χ0n) is 15.7. The van der Waals surface area contributed by atoms with Crippen LogP contribution in [0, 0.1) is 5.92 Å². The van der Waals surface area contributed by atoms with Crippen molar-refractivity contribution in [3.63, 3.8) is 0 Å². The topological polar surface area (TPSA) is 56.0 Å². The highest BCUT2D eigenvalue weighted by Crippen LogP contribution is 2.22. The van der Waals surface area contributed by atoms with Crippen LogP contribution in [0.4, 0.5) is 0 Å². The van der Waals surface area contributed by atoms with E-state index in [2.05, 4.69) is 27.1 Å². The number of hydrogen-bond donors (Lipinski definition) is 0. The van der Waals surface area contributed by atoms with Gasteiger partial charge in [-0.25, -0.2) is 14.0 Å². The summed E-state index contributed by atoms with van der Waals surface area (Å²) in [6.45, 7) is 3.14. The molecule has 1 aliphatic rings. The Bertz CT molecular complexity index is 924. The summed E-state index contributed by atoms with van der Waals surface area (Å²) < 4.78 is 3.20. The molecule has 1 aliphatic heterocycles. The summed E-state index contributed by atoms with van der Waals surface area (Å²) in [6, 6.07) is 14.0. The van der Waals surface area contributed by atoms with Gasteiger partial charge in [-0.3, -0.25) is 9.88 Å². The van der Waals surface area contributed by atoms with Gasteiger partial charge < -0.3 is 0 Å². The lowest BCUT2D eigenvalue weighted by atomic mass is 9.93. The molecule has 0 unspecified atom stereocenters. The average molecular weight is 363 g/mol. The Morgan fingerprint density at radius 2 is 1.74 bits per heavy atom. The van der Waals surface area contributed by atoms with E-state index in [0.717, 1.165) is 50.4 Å². The maximum Gasteiger partial charge on any atom is 0.350 e. The van der Waals surface area contributed by atoms with E-state index in [1.54, 1.807) is 11.6 Å². The standard InChI is InChI=1S/C21H25N5O/c1-24-21(27)26(19-5-3-2-4-6-19)20(23-24)15-17-9-13-25(14-10-17)16-18-7-11-22-12-8-18/h2-8,11-12,17H,9-10,13-16H2,1H3. The summed E-state index contributed by atoms with van der Waals surface area (Å²) in [6.07, 6.45) is 6.81. The van der Waals surface area contributed by atoms with Gasteiger partial charge in [-0.15, -0.1) is 0 Å². The molecule has 27 heavy (non-hydrogen) atoms. The van der Waals surface area contributed by atoms with Gasteiger partial charge >= 0.3 is 5.69 Å². The molecule has 6 nitrogen and oxygen atoms in total. The number of hydrogen-bond acceptors (Lipinski definition) is 4. The monoisotopic (exact) mass is 363 g/mol. The Hall–Kier alpha value is -2.73. The Balaban J connectivity index is 1.43. The van der Waals surface area contributed by atoms with E-state index in [1.165, 1.54) is 10.2 Å². The molecule has 0 radical (unpaired) electrons. The predicted octanol–water partition coefficient (Wildman–Crippen LogP) is 2.42. The van der Waals surface area contributed by atoms with Crippen LogP contribution in [0.1, 0.15) is 24.2 Å². The summed E-state index contributed by atoms with van der Waals surface area (Å²) in [5.74, 6) is 1.42. The third kappa shape index (κ3) is 4.01. The highest BCUT2D eigenvalue weighted by Gasteiger charge is 2.23. The lowest BCUT2D eigenvalue weighted by Crippen LogP contribution is -2.34. The first kappa shape index (κ1) is 17.7. The number of rotatable bonds is 5. The smallest absolute Gasteiger partial charge is 0.299 e. The fourth-order valence-corrected chi connectivity index (χ4v) is 3.84. The molecular formula is C21H25N5O. The van der Waals surface area contributed by atoms with E-state index in [-0.39, 0.29) is 5.69 Å². The summed E-state index contributed by atoms with van der Waals surface area (Å²) in [5.41, 5.74) is 2.12. The van der Waals surface area contributed by atoms with Crippen LogP contribution in [0.3, 0.4) is 0 Å². The van der Waals surface area contributed by atoms with E-state index in [4.69, 9.17) is 0 Å². The van der Waals surface area contributed by atoms with Crippen LogP contribution in [0.15, 0.2) is 59.7 Å². The quantitative estimate of drug-likeness (QED) is 0.699. The molecule has 1 aromatic carbocycles. The minimum atomic E-state index is -0.0775. The van der Waals surface area contributed by atoms with Crippen LogP contribution < -0.4 is 5.69 Å². The number of likely N-dealkylation sites (tertiary alicyclic amines) is 1. The molecule has 0 saturated carbocycles. The first-order valence-electron chi connectivity index (χ1n) is 9.52. The van der Waals surface area contributed by atoms with Crippen LogP contribution >= 0.6 is 0 Å². The van der Waals surface area contributed by atoms with Gasteiger partial charge in [-0.2, -0.15) is 5.10 Å². The molecule has 0 bridgehead atoms. The molecule has 2 aromatic heterocycles. The van der Waals surface area contributed by atoms with Gasteiger partial charge in [0.05, 0.1) is 5.69 Å². The molecular weight excluding hydrogens is 338 g/mol. The maximum absolute atomic E-state index is 12.5. The number of pyridine rings is 1. The molecule has 1 saturated heterocycles. The molecule has 4 rings (SSSR count). The van der Waals surface area contributed by atoms with Crippen molar-refractivity contribution in [2.45, 2.75) is 25.8 Å². The van der Waals surface area contributed by atoms with Gasteiger partial charge in [-0.05, 0) is 61.7 Å². The van der Waals surface area contributed by atoms with Crippen molar-refractivity contribution < 1.29 is 0 Å². The van der Waals surface area contributed by atoms with Crippen molar-refractivity contribution in [2.75, 3.05) is 13.1 Å². The lowest BCUT2D eigenvalue weighted by molar-refractivity contribution is 0.175. The normalized spacial score (nSPS) is 15.9. The second-order valence-corrected chi connectivity index (χ2v) is 7.27. The summed E-state index contributed by atoms with van der Waals surface area (Å²) in [4.78, 5) is 19.1. The van der Waals surface area contributed by atoms with Crippen LogP contribution in [0.5, 0.6) is 0 Å². The van der Waals surface area contributed by atoms with Gasteiger partial charge in [-0.1, -0.05) is 18.2 Å². The van der Waals surface area contributed by atoms with E-state index in [9.17, 15) is 4.79 Å². The molecule has 3 heterocycles. The zero-order chi connectivity index (χ0) is 18.6.